The number of alkyl halides is 3. The molecule has 0 aromatic rings. The van der Waals surface area contributed by atoms with Crippen molar-refractivity contribution in [2.45, 2.75) is 78.9 Å². The van der Waals surface area contributed by atoms with Crippen LogP contribution in [0, 0.1) is 0 Å². The van der Waals surface area contributed by atoms with E-state index < -0.39 is 62.4 Å². The molecule has 2 heterocycles. The molecule has 0 radical (unpaired) electrons. The minimum Gasteiger partial charge on any atom is -0.322 e. The first-order chi connectivity index (χ1) is 13.0. The van der Waals surface area contributed by atoms with Crippen LogP contribution in [0.1, 0.15) is 32.6 Å². The minimum absolute atomic E-state index is 0.0780. The summed E-state index contributed by atoms with van der Waals surface area (Å²) in [6, 6.07) is -1.51. The summed E-state index contributed by atoms with van der Waals surface area (Å²) in [5, 5.41) is -2.46. The van der Waals surface area contributed by atoms with E-state index in [1.54, 1.807) is 6.92 Å². The van der Waals surface area contributed by atoms with Crippen molar-refractivity contribution in [3.63, 3.8) is 0 Å². The number of amides is 2. The Labute approximate surface area is 166 Å². The number of hydrazine groups is 1. The molecule has 28 heavy (non-hydrogen) atoms. The number of likely N-dealkylation sites (N-methyl/N-ethyl adjacent to an activating group) is 1. The molecule has 13 heteroatoms. The number of nitrogens with zero attached hydrogens (tertiary/aromatic N) is 2. The van der Waals surface area contributed by atoms with Crippen LogP contribution in [-0.2, 0) is 10.0 Å². The van der Waals surface area contributed by atoms with Gasteiger partial charge in [0.05, 0.1) is 12.1 Å². The van der Waals surface area contributed by atoms with E-state index in [4.69, 9.17) is 0 Å². The number of carbonyl (C=O) groups excluding carboxylic acids is 1. The molecule has 0 spiro atoms. The van der Waals surface area contributed by atoms with Crippen LogP contribution in [0.4, 0.5) is 18.0 Å². The first kappa shape index (κ1) is 20.5. The summed E-state index contributed by atoms with van der Waals surface area (Å²) in [5.74, 6) is 0. The van der Waals surface area contributed by atoms with Crippen LogP contribution in [0.25, 0.3) is 0 Å². The predicted octanol–water partition coefficient (Wildman–Crippen LogP) is 0.779. The fourth-order valence-corrected chi connectivity index (χ4v) is 7.22. The van der Waals surface area contributed by atoms with E-state index in [2.05, 4.69) is 15.6 Å². The van der Waals surface area contributed by atoms with Crippen molar-refractivity contribution in [3.8, 4) is 0 Å². The van der Waals surface area contributed by atoms with Gasteiger partial charge < -0.3 is 4.90 Å². The number of halogens is 3. The highest BCUT2D eigenvalue weighted by atomic mass is 32.2. The van der Waals surface area contributed by atoms with Gasteiger partial charge in [-0.1, -0.05) is 11.8 Å². The summed E-state index contributed by atoms with van der Waals surface area (Å²) in [6.45, 7) is 1.78. The molecule has 2 saturated heterocycles. The number of hydrogen-bond acceptors (Lipinski definition) is 6. The summed E-state index contributed by atoms with van der Waals surface area (Å²) in [5.41, 5.74) is 3.83. The summed E-state index contributed by atoms with van der Waals surface area (Å²) in [4.78, 5) is 15.5. The van der Waals surface area contributed by atoms with Crippen LogP contribution in [0.15, 0.2) is 0 Å². The first-order valence-electron chi connectivity index (χ1n) is 9.19. The molecule has 2 aliphatic heterocycles. The third-order valence-corrected chi connectivity index (χ3v) is 9.34. The van der Waals surface area contributed by atoms with E-state index in [1.165, 1.54) is 16.8 Å². The van der Waals surface area contributed by atoms with Gasteiger partial charge in [-0.15, -0.1) is 0 Å². The van der Waals surface area contributed by atoms with Gasteiger partial charge in [0.2, 0.25) is 10.0 Å². The average Bonchev–Trinajstić information content (AvgIpc) is 3.04. The van der Waals surface area contributed by atoms with E-state index in [1.807, 2.05) is 0 Å². The second-order valence-electron chi connectivity index (χ2n) is 8.20. The van der Waals surface area contributed by atoms with Crippen LogP contribution in [0.3, 0.4) is 0 Å². The van der Waals surface area contributed by atoms with Gasteiger partial charge >= 0.3 is 6.03 Å². The Morgan fingerprint density at radius 3 is 2.50 bits per heavy atom. The molecular formula is C15H24F3N5O3S2. The van der Waals surface area contributed by atoms with Gasteiger partial charge in [-0.2, -0.15) is 0 Å². The van der Waals surface area contributed by atoms with E-state index in [0.717, 1.165) is 11.8 Å². The standard InChI is InChI=1S/C15H24F3N5O3S2/c1-15(3-4-15)21-28(25,26)10-6-9-8(5-7(10)16)22(2)14(24)23(9)13-20-19-12(27-13)11(17)18/h7-13,19-21H,3-6H2,1-2H3. The van der Waals surface area contributed by atoms with Gasteiger partial charge in [0.15, 0.2) is 0 Å². The molecular weight excluding hydrogens is 419 g/mol. The van der Waals surface area contributed by atoms with Gasteiger partial charge in [0, 0.05) is 19.0 Å². The van der Waals surface area contributed by atoms with Crippen LogP contribution < -0.4 is 15.6 Å². The Morgan fingerprint density at radius 2 is 1.93 bits per heavy atom. The highest BCUT2D eigenvalue weighted by Gasteiger charge is 2.57. The Bertz CT molecular complexity index is 753. The maximum Gasteiger partial charge on any atom is 0.322 e. The molecule has 4 fully saturated rings. The SMILES string of the molecule is CN1C(=O)N(C2NNC(C(F)F)S2)C2CC(S(=O)(=O)NC3(C)CC3)C(F)CC21. The highest BCUT2D eigenvalue weighted by Crippen LogP contribution is 2.42. The average molecular weight is 444 g/mol. The molecule has 6 unspecified atom stereocenters. The monoisotopic (exact) mass is 443 g/mol. The normalized spacial score (nSPS) is 40.3. The lowest BCUT2D eigenvalue weighted by atomic mass is 9.88. The van der Waals surface area contributed by atoms with Crippen LogP contribution in [0.2, 0.25) is 0 Å². The number of carbonyl (C=O) groups is 1. The van der Waals surface area contributed by atoms with Crippen molar-refractivity contribution < 1.29 is 26.4 Å². The number of sulfonamides is 1. The quantitative estimate of drug-likeness (QED) is 0.582. The number of fused-ring (bicyclic) bond motifs is 1. The number of hydrogen-bond donors (Lipinski definition) is 3. The Morgan fingerprint density at radius 1 is 1.25 bits per heavy atom. The van der Waals surface area contributed by atoms with Crippen LogP contribution in [-0.4, -0.2) is 77.6 Å². The summed E-state index contributed by atoms with van der Waals surface area (Å²) in [7, 11) is -2.39. The van der Waals surface area contributed by atoms with Crippen molar-refractivity contribution >= 4 is 27.8 Å². The highest BCUT2D eigenvalue weighted by molar-refractivity contribution is 8.00. The fraction of sp³-hybridized carbons (Fsp3) is 0.933. The molecule has 8 nitrogen and oxygen atoms in total. The van der Waals surface area contributed by atoms with E-state index in [0.29, 0.717) is 12.8 Å². The molecule has 2 aliphatic carbocycles. The topological polar surface area (TPSA) is 93.8 Å². The zero-order valence-electron chi connectivity index (χ0n) is 15.4. The van der Waals surface area contributed by atoms with Gasteiger partial charge in [0.1, 0.15) is 22.3 Å². The predicted molar refractivity (Wildman–Crippen MR) is 97.6 cm³/mol. The summed E-state index contributed by atoms with van der Waals surface area (Å²) < 4.78 is 68.9. The van der Waals surface area contributed by atoms with E-state index in [9.17, 15) is 26.4 Å². The lowest BCUT2D eigenvalue weighted by Crippen LogP contribution is -2.56. The van der Waals surface area contributed by atoms with Gasteiger partial charge in [-0.3, -0.25) is 4.90 Å². The molecule has 2 amide bonds. The lowest BCUT2D eigenvalue weighted by Gasteiger charge is -2.38. The Kier molecular flexibility index (Phi) is 5.05. The van der Waals surface area contributed by atoms with Crippen LogP contribution in [0.5, 0.6) is 0 Å². The number of rotatable bonds is 5. The zero-order chi connectivity index (χ0) is 20.4. The Hall–Kier alpha value is -0.760. The third-order valence-electron chi connectivity index (χ3n) is 6.06. The Balaban J connectivity index is 1.55. The van der Waals surface area contributed by atoms with Gasteiger partial charge in [-0.25, -0.2) is 42.0 Å². The smallest absolute Gasteiger partial charge is 0.322 e. The maximum absolute atomic E-state index is 14.8. The lowest BCUT2D eigenvalue weighted by molar-refractivity contribution is 0.121. The molecule has 0 bridgehead atoms. The van der Waals surface area contributed by atoms with Gasteiger partial charge in [0.25, 0.3) is 6.43 Å². The molecule has 4 rings (SSSR count). The molecule has 4 aliphatic rings. The van der Waals surface area contributed by atoms with E-state index >= 15 is 0 Å². The maximum atomic E-state index is 14.8. The van der Waals surface area contributed by atoms with E-state index in [-0.39, 0.29) is 12.8 Å². The summed E-state index contributed by atoms with van der Waals surface area (Å²) in [6.07, 6.45) is -3.00. The van der Waals surface area contributed by atoms with Gasteiger partial charge in [-0.05, 0) is 26.2 Å². The minimum atomic E-state index is -3.92. The van der Waals surface area contributed by atoms with Crippen molar-refractivity contribution in [2.75, 3.05) is 7.05 Å². The number of urea groups is 1. The molecule has 160 valence electrons. The molecule has 0 aromatic carbocycles. The van der Waals surface area contributed by atoms with Crippen LogP contribution >= 0.6 is 11.8 Å². The molecule has 0 aromatic heterocycles. The zero-order valence-corrected chi connectivity index (χ0v) is 17.1. The van der Waals surface area contributed by atoms with Crippen molar-refractivity contribution in [1.29, 1.82) is 0 Å². The largest absolute Gasteiger partial charge is 0.322 e. The molecule has 6 atom stereocenters. The molecule has 2 saturated carbocycles. The second-order valence-corrected chi connectivity index (χ2v) is 11.3. The fourth-order valence-electron chi connectivity index (χ4n) is 4.19. The number of nitrogens with one attached hydrogen (secondary N) is 3. The summed E-state index contributed by atoms with van der Waals surface area (Å²) >= 11 is 0.854. The van der Waals surface area contributed by atoms with Crippen molar-refractivity contribution in [2.24, 2.45) is 0 Å². The van der Waals surface area contributed by atoms with Crippen molar-refractivity contribution in [3.05, 3.63) is 0 Å². The molecule has 3 N–H and O–H groups in total. The first-order valence-corrected chi connectivity index (χ1v) is 11.7. The second kappa shape index (κ2) is 6.89. The van der Waals surface area contributed by atoms with Crippen molar-refractivity contribution in [1.82, 2.24) is 25.4 Å². The third kappa shape index (κ3) is 3.48. The number of thioether (sulfide) groups is 1.